The fourth-order valence-corrected chi connectivity index (χ4v) is 3.52. The maximum Gasteiger partial charge on any atom is 0.225 e. The third-order valence-corrected chi connectivity index (χ3v) is 5.28. The molecule has 1 aliphatic heterocycles. The van der Waals surface area contributed by atoms with E-state index < -0.39 is 0 Å². The van der Waals surface area contributed by atoms with E-state index in [1.807, 2.05) is 27.0 Å². The molecule has 116 valence electrons. The van der Waals surface area contributed by atoms with Gasteiger partial charge in [-0.2, -0.15) is 0 Å². The van der Waals surface area contributed by atoms with Crippen LogP contribution in [0.2, 0.25) is 0 Å². The Bertz CT molecular complexity index is 702. The lowest BCUT2D eigenvalue weighted by Gasteiger charge is -2.32. The summed E-state index contributed by atoms with van der Waals surface area (Å²) in [6.45, 7) is 7.95. The Morgan fingerprint density at radius 3 is 2.59 bits per heavy atom. The van der Waals surface area contributed by atoms with Gasteiger partial charge in [0.25, 0.3) is 0 Å². The van der Waals surface area contributed by atoms with Crippen LogP contribution in [0.4, 0.5) is 5.95 Å². The normalized spacial score (nSPS) is 23.0. The Morgan fingerprint density at radius 2 is 1.95 bits per heavy atom. The van der Waals surface area contributed by atoms with Crippen LogP contribution < -0.4 is 4.90 Å². The molecular formula is C16H21N5O. The maximum absolute atomic E-state index is 5.61. The van der Waals surface area contributed by atoms with Crippen molar-refractivity contribution >= 4 is 5.95 Å². The average molecular weight is 299 g/mol. The fourth-order valence-electron chi connectivity index (χ4n) is 3.52. The van der Waals surface area contributed by atoms with Gasteiger partial charge in [-0.25, -0.2) is 9.97 Å². The van der Waals surface area contributed by atoms with Gasteiger partial charge >= 0.3 is 0 Å². The zero-order valence-electron chi connectivity index (χ0n) is 13.3. The first-order valence-corrected chi connectivity index (χ1v) is 7.93. The number of piperidine rings is 1. The minimum atomic E-state index is 0.370. The standard InChI is InChI=1S/C16H21N5O/c1-10-9-17-15(18-11(10)2)21-6-4-16(5-7-21)8-13(16)14-20-19-12(3)22-14/h9,13H,4-8H2,1-3H3. The third-order valence-electron chi connectivity index (χ3n) is 5.28. The van der Waals surface area contributed by atoms with Crippen LogP contribution in [0.1, 0.15) is 48.2 Å². The van der Waals surface area contributed by atoms with Gasteiger partial charge < -0.3 is 9.32 Å². The van der Waals surface area contributed by atoms with E-state index in [0.29, 0.717) is 17.2 Å². The minimum absolute atomic E-state index is 0.370. The van der Waals surface area contributed by atoms with Crippen LogP contribution in [-0.2, 0) is 0 Å². The second-order valence-corrected chi connectivity index (χ2v) is 6.70. The van der Waals surface area contributed by atoms with Crippen molar-refractivity contribution in [2.75, 3.05) is 18.0 Å². The highest BCUT2D eigenvalue weighted by Gasteiger charge is 2.58. The molecule has 4 rings (SSSR count). The second-order valence-electron chi connectivity index (χ2n) is 6.70. The predicted molar refractivity (Wildman–Crippen MR) is 81.8 cm³/mol. The van der Waals surface area contributed by atoms with E-state index in [9.17, 15) is 0 Å². The van der Waals surface area contributed by atoms with Crippen molar-refractivity contribution in [2.45, 2.75) is 46.0 Å². The second kappa shape index (κ2) is 4.76. The molecule has 1 saturated heterocycles. The zero-order chi connectivity index (χ0) is 15.3. The summed E-state index contributed by atoms with van der Waals surface area (Å²) in [4.78, 5) is 11.4. The summed E-state index contributed by atoms with van der Waals surface area (Å²) >= 11 is 0. The molecule has 0 radical (unpaired) electrons. The van der Waals surface area contributed by atoms with E-state index in [0.717, 1.165) is 49.0 Å². The Balaban J connectivity index is 1.44. The van der Waals surface area contributed by atoms with Crippen LogP contribution in [0.5, 0.6) is 0 Å². The Hall–Kier alpha value is -1.98. The molecule has 2 aliphatic rings. The summed E-state index contributed by atoms with van der Waals surface area (Å²) in [5.41, 5.74) is 2.58. The van der Waals surface area contributed by atoms with E-state index >= 15 is 0 Å². The zero-order valence-corrected chi connectivity index (χ0v) is 13.3. The van der Waals surface area contributed by atoms with Gasteiger partial charge in [0.2, 0.25) is 17.7 Å². The van der Waals surface area contributed by atoms with Crippen LogP contribution in [0, 0.1) is 26.2 Å². The summed E-state index contributed by atoms with van der Waals surface area (Å²) in [6.07, 6.45) is 5.39. The molecule has 3 heterocycles. The van der Waals surface area contributed by atoms with Crippen molar-refractivity contribution in [3.8, 4) is 0 Å². The highest BCUT2D eigenvalue weighted by atomic mass is 16.4. The van der Waals surface area contributed by atoms with Crippen molar-refractivity contribution in [2.24, 2.45) is 5.41 Å². The quantitative estimate of drug-likeness (QED) is 0.849. The lowest BCUT2D eigenvalue weighted by Crippen LogP contribution is -2.36. The smallest absolute Gasteiger partial charge is 0.225 e. The molecule has 1 saturated carbocycles. The van der Waals surface area contributed by atoms with E-state index in [1.165, 1.54) is 6.42 Å². The van der Waals surface area contributed by atoms with Gasteiger partial charge in [-0.3, -0.25) is 0 Å². The Morgan fingerprint density at radius 1 is 1.18 bits per heavy atom. The SMILES string of the molecule is Cc1nnc(C2CC23CCN(c2ncc(C)c(C)n2)CC3)o1. The van der Waals surface area contributed by atoms with Crippen molar-refractivity contribution in [1.82, 2.24) is 20.2 Å². The minimum Gasteiger partial charge on any atom is -0.425 e. The maximum atomic E-state index is 5.61. The summed E-state index contributed by atoms with van der Waals surface area (Å²) < 4.78 is 5.61. The molecule has 1 atom stereocenters. The molecule has 0 bridgehead atoms. The molecule has 0 amide bonds. The molecule has 1 aliphatic carbocycles. The monoisotopic (exact) mass is 299 g/mol. The Kier molecular flexibility index (Phi) is 2.96. The van der Waals surface area contributed by atoms with E-state index in [4.69, 9.17) is 4.42 Å². The topological polar surface area (TPSA) is 67.9 Å². The van der Waals surface area contributed by atoms with E-state index in [-0.39, 0.29) is 0 Å². The number of anilines is 1. The van der Waals surface area contributed by atoms with Gasteiger partial charge in [0, 0.05) is 37.8 Å². The third kappa shape index (κ3) is 2.17. The van der Waals surface area contributed by atoms with Crippen LogP contribution in [0.3, 0.4) is 0 Å². The summed E-state index contributed by atoms with van der Waals surface area (Å²) in [5.74, 6) is 2.81. The van der Waals surface area contributed by atoms with Crippen molar-refractivity contribution in [1.29, 1.82) is 0 Å². The molecule has 6 nitrogen and oxygen atoms in total. The first-order chi connectivity index (χ1) is 10.6. The first-order valence-electron chi connectivity index (χ1n) is 7.93. The molecule has 22 heavy (non-hydrogen) atoms. The van der Waals surface area contributed by atoms with Gasteiger partial charge in [0.1, 0.15) is 0 Å². The van der Waals surface area contributed by atoms with Crippen molar-refractivity contribution < 1.29 is 4.42 Å². The fraction of sp³-hybridized carbons (Fsp3) is 0.625. The largest absolute Gasteiger partial charge is 0.425 e. The highest BCUT2D eigenvalue weighted by molar-refractivity contribution is 5.35. The van der Waals surface area contributed by atoms with E-state index in [2.05, 4.69) is 25.1 Å². The van der Waals surface area contributed by atoms with Crippen molar-refractivity contribution in [3.05, 3.63) is 29.2 Å². The number of nitrogens with zero attached hydrogens (tertiary/aromatic N) is 5. The van der Waals surface area contributed by atoms with Gasteiger partial charge in [-0.15, -0.1) is 10.2 Å². The first kappa shape index (κ1) is 13.7. The number of hydrogen-bond donors (Lipinski definition) is 0. The van der Waals surface area contributed by atoms with Crippen LogP contribution in [-0.4, -0.2) is 33.3 Å². The molecule has 1 unspecified atom stereocenters. The summed E-state index contributed by atoms with van der Waals surface area (Å²) in [5, 5.41) is 8.16. The number of aryl methyl sites for hydroxylation is 3. The van der Waals surface area contributed by atoms with Crippen LogP contribution in [0.15, 0.2) is 10.6 Å². The molecule has 0 N–H and O–H groups in total. The number of rotatable bonds is 2. The highest BCUT2D eigenvalue weighted by Crippen LogP contribution is 2.64. The lowest BCUT2D eigenvalue weighted by atomic mass is 9.91. The molecule has 0 aromatic carbocycles. The number of aromatic nitrogens is 4. The van der Waals surface area contributed by atoms with Crippen molar-refractivity contribution in [3.63, 3.8) is 0 Å². The van der Waals surface area contributed by atoms with Gasteiger partial charge in [-0.05, 0) is 44.1 Å². The van der Waals surface area contributed by atoms with E-state index in [1.54, 1.807) is 0 Å². The predicted octanol–water partition coefficient (Wildman–Crippen LogP) is 2.56. The molecule has 6 heteroatoms. The number of hydrogen-bond acceptors (Lipinski definition) is 6. The molecule has 2 aromatic heterocycles. The summed E-state index contributed by atoms with van der Waals surface area (Å²) in [6, 6.07) is 0. The average Bonchev–Trinajstić information content (AvgIpc) is 3.02. The van der Waals surface area contributed by atoms with Gasteiger partial charge in [0.15, 0.2) is 0 Å². The molecule has 2 fully saturated rings. The molecular weight excluding hydrogens is 278 g/mol. The molecule has 2 aromatic rings. The van der Waals surface area contributed by atoms with Gasteiger partial charge in [-0.1, -0.05) is 0 Å². The lowest BCUT2D eigenvalue weighted by molar-refractivity contribution is 0.347. The summed E-state index contributed by atoms with van der Waals surface area (Å²) in [7, 11) is 0. The van der Waals surface area contributed by atoms with Gasteiger partial charge in [0.05, 0.1) is 0 Å². The van der Waals surface area contributed by atoms with Crippen LogP contribution in [0.25, 0.3) is 0 Å². The molecule has 1 spiro atoms. The Labute approximate surface area is 130 Å². The van der Waals surface area contributed by atoms with Crippen LogP contribution >= 0.6 is 0 Å².